The maximum absolute atomic E-state index is 12.6. The van der Waals surface area contributed by atoms with Crippen molar-refractivity contribution < 1.29 is 19.1 Å². The predicted octanol–water partition coefficient (Wildman–Crippen LogP) is 3.29. The van der Waals surface area contributed by atoms with Gasteiger partial charge >= 0.3 is 0 Å². The van der Waals surface area contributed by atoms with Crippen molar-refractivity contribution >= 4 is 29.1 Å². The SMILES string of the molecule is CCC(=O)Nc1ccc(NC(=O)C2CCN(C(=O)COc3ccccc3)CC2)cc1. The average Bonchev–Trinajstić information content (AvgIpc) is 2.79. The number of likely N-dealkylation sites (tertiary alicyclic amines) is 1. The third-order valence-electron chi connectivity index (χ3n) is 5.08. The van der Waals surface area contributed by atoms with Crippen LogP contribution in [-0.4, -0.2) is 42.3 Å². The summed E-state index contributed by atoms with van der Waals surface area (Å²) < 4.78 is 5.52. The Hall–Kier alpha value is -3.35. The maximum Gasteiger partial charge on any atom is 0.260 e. The minimum Gasteiger partial charge on any atom is -0.484 e. The van der Waals surface area contributed by atoms with Crippen LogP contribution in [0.25, 0.3) is 0 Å². The molecule has 30 heavy (non-hydrogen) atoms. The van der Waals surface area contributed by atoms with Crippen molar-refractivity contribution in [3.8, 4) is 5.75 Å². The molecule has 1 fully saturated rings. The molecule has 1 aliphatic rings. The number of benzene rings is 2. The summed E-state index contributed by atoms with van der Waals surface area (Å²) >= 11 is 0. The topological polar surface area (TPSA) is 87.7 Å². The van der Waals surface area contributed by atoms with Gasteiger partial charge < -0.3 is 20.3 Å². The highest BCUT2D eigenvalue weighted by molar-refractivity contribution is 5.94. The van der Waals surface area contributed by atoms with E-state index in [0.29, 0.717) is 49.5 Å². The van der Waals surface area contributed by atoms with E-state index >= 15 is 0 Å². The van der Waals surface area contributed by atoms with Crippen LogP contribution in [0.4, 0.5) is 11.4 Å². The zero-order chi connectivity index (χ0) is 21.3. The second kappa shape index (κ2) is 10.4. The Morgan fingerprint density at radius 2 is 1.53 bits per heavy atom. The molecule has 0 radical (unpaired) electrons. The van der Waals surface area contributed by atoms with Crippen LogP contribution in [0.1, 0.15) is 26.2 Å². The third-order valence-corrected chi connectivity index (χ3v) is 5.08. The largest absolute Gasteiger partial charge is 0.484 e. The first-order chi connectivity index (χ1) is 14.5. The van der Waals surface area contributed by atoms with E-state index in [2.05, 4.69) is 10.6 Å². The highest BCUT2D eigenvalue weighted by Gasteiger charge is 2.27. The number of carbonyl (C=O) groups is 3. The molecular formula is C23H27N3O4. The van der Waals surface area contributed by atoms with Crippen LogP contribution < -0.4 is 15.4 Å². The van der Waals surface area contributed by atoms with Crippen LogP contribution in [0.3, 0.4) is 0 Å². The summed E-state index contributed by atoms with van der Waals surface area (Å²) in [7, 11) is 0. The fourth-order valence-electron chi connectivity index (χ4n) is 3.27. The molecule has 0 aliphatic carbocycles. The first kappa shape index (κ1) is 21.4. The lowest BCUT2D eigenvalue weighted by Crippen LogP contribution is -2.43. The number of nitrogens with one attached hydrogen (secondary N) is 2. The van der Waals surface area contributed by atoms with Crippen LogP contribution in [0, 0.1) is 5.92 Å². The quantitative estimate of drug-likeness (QED) is 0.735. The Kier molecular flexibility index (Phi) is 7.43. The van der Waals surface area contributed by atoms with Crippen molar-refractivity contribution in [1.82, 2.24) is 4.90 Å². The molecule has 1 aliphatic heterocycles. The molecule has 2 N–H and O–H groups in total. The fourth-order valence-corrected chi connectivity index (χ4v) is 3.27. The number of rotatable bonds is 7. The lowest BCUT2D eigenvalue weighted by Gasteiger charge is -2.31. The second-order valence-electron chi connectivity index (χ2n) is 7.23. The Balaban J connectivity index is 1.42. The van der Waals surface area contributed by atoms with Gasteiger partial charge in [-0.3, -0.25) is 14.4 Å². The predicted molar refractivity (Wildman–Crippen MR) is 115 cm³/mol. The summed E-state index contributed by atoms with van der Waals surface area (Å²) in [6.07, 6.45) is 1.65. The molecule has 0 saturated carbocycles. The molecule has 0 aromatic heterocycles. The molecule has 2 aromatic rings. The normalized spacial score (nSPS) is 14.1. The first-order valence-corrected chi connectivity index (χ1v) is 10.2. The van der Waals surface area contributed by atoms with Gasteiger partial charge in [-0.1, -0.05) is 25.1 Å². The molecule has 0 spiro atoms. The highest BCUT2D eigenvalue weighted by Crippen LogP contribution is 2.21. The van der Waals surface area contributed by atoms with Crippen LogP contribution in [-0.2, 0) is 14.4 Å². The van der Waals surface area contributed by atoms with Crippen LogP contribution in [0.5, 0.6) is 5.75 Å². The Labute approximate surface area is 176 Å². The summed E-state index contributed by atoms with van der Waals surface area (Å²) in [4.78, 5) is 38.1. The summed E-state index contributed by atoms with van der Waals surface area (Å²) in [5.41, 5.74) is 1.38. The number of piperidine rings is 1. The van der Waals surface area contributed by atoms with E-state index in [1.165, 1.54) is 0 Å². The van der Waals surface area contributed by atoms with Gasteiger partial charge in [0.05, 0.1) is 0 Å². The summed E-state index contributed by atoms with van der Waals surface area (Å²) in [6.45, 7) is 2.87. The Bertz CT molecular complexity index is 860. The molecule has 3 rings (SSSR count). The molecule has 0 atom stereocenters. The molecule has 158 valence electrons. The van der Waals surface area contributed by atoms with E-state index in [0.717, 1.165) is 0 Å². The summed E-state index contributed by atoms with van der Waals surface area (Å²) in [5.74, 6) is 0.363. The number of para-hydroxylation sites is 1. The molecule has 0 bridgehead atoms. The number of carbonyl (C=O) groups excluding carboxylic acids is 3. The number of ether oxygens (including phenoxy) is 1. The second-order valence-corrected chi connectivity index (χ2v) is 7.23. The minimum absolute atomic E-state index is 0.00178. The fraction of sp³-hybridized carbons (Fsp3) is 0.348. The smallest absolute Gasteiger partial charge is 0.260 e. The monoisotopic (exact) mass is 409 g/mol. The Morgan fingerprint density at radius 1 is 0.933 bits per heavy atom. The molecule has 1 saturated heterocycles. The van der Waals surface area contributed by atoms with Gasteiger partial charge in [-0.2, -0.15) is 0 Å². The summed E-state index contributed by atoms with van der Waals surface area (Å²) in [6, 6.07) is 16.3. The average molecular weight is 409 g/mol. The first-order valence-electron chi connectivity index (χ1n) is 10.2. The zero-order valence-electron chi connectivity index (χ0n) is 17.1. The lowest BCUT2D eigenvalue weighted by molar-refractivity contribution is -0.136. The maximum atomic E-state index is 12.6. The van der Waals surface area contributed by atoms with Gasteiger partial charge in [-0.15, -0.1) is 0 Å². The minimum atomic E-state index is -0.136. The van der Waals surface area contributed by atoms with E-state index in [1.807, 2.05) is 30.3 Å². The number of hydrogen-bond donors (Lipinski definition) is 2. The highest BCUT2D eigenvalue weighted by atomic mass is 16.5. The molecule has 2 aromatic carbocycles. The van der Waals surface area contributed by atoms with E-state index in [4.69, 9.17) is 4.74 Å². The standard InChI is InChI=1S/C23H27N3O4/c1-2-21(27)24-18-8-10-19(11-9-18)25-23(29)17-12-14-26(15-13-17)22(28)16-30-20-6-4-3-5-7-20/h3-11,17H,2,12-16H2,1H3,(H,24,27)(H,25,29). The van der Waals surface area contributed by atoms with Crippen LogP contribution >= 0.6 is 0 Å². The van der Waals surface area contributed by atoms with Crippen molar-refractivity contribution in [3.63, 3.8) is 0 Å². The number of anilines is 2. The molecule has 1 heterocycles. The van der Waals surface area contributed by atoms with Gasteiger partial charge in [0.25, 0.3) is 5.91 Å². The number of nitrogens with zero attached hydrogens (tertiary/aromatic N) is 1. The van der Waals surface area contributed by atoms with Gasteiger partial charge in [0.15, 0.2) is 6.61 Å². The van der Waals surface area contributed by atoms with Crippen LogP contribution in [0.15, 0.2) is 54.6 Å². The van der Waals surface area contributed by atoms with Gasteiger partial charge in [0.1, 0.15) is 5.75 Å². The van der Waals surface area contributed by atoms with Crippen molar-refractivity contribution in [1.29, 1.82) is 0 Å². The van der Waals surface area contributed by atoms with Gasteiger partial charge in [0, 0.05) is 36.8 Å². The lowest BCUT2D eigenvalue weighted by atomic mass is 9.95. The third kappa shape index (κ3) is 6.07. The van der Waals surface area contributed by atoms with Crippen LogP contribution in [0.2, 0.25) is 0 Å². The van der Waals surface area contributed by atoms with Crippen molar-refractivity contribution in [2.75, 3.05) is 30.3 Å². The van der Waals surface area contributed by atoms with Gasteiger partial charge in [-0.25, -0.2) is 0 Å². The van der Waals surface area contributed by atoms with E-state index in [1.54, 1.807) is 36.1 Å². The van der Waals surface area contributed by atoms with E-state index in [-0.39, 0.29) is 30.2 Å². The van der Waals surface area contributed by atoms with Crippen molar-refractivity contribution in [2.45, 2.75) is 26.2 Å². The van der Waals surface area contributed by atoms with Gasteiger partial charge in [0.2, 0.25) is 11.8 Å². The molecule has 0 unspecified atom stereocenters. The molecule has 3 amide bonds. The molecule has 7 nitrogen and oxygen atoms in total. The van der Waals surface area contributed by atoms with Gasteiger partial charge in [-0.05, 0) is 49.2 Å². The zero-order valence-corrected chi connectivity index (χ0v) is 17.1. The van der Waals surface area contributed by atoms with Crippen molar-refractivity contribution in [2.24, 2.45) is 5.92 Å². The Morgan fingerprint density at radius 3 is 2.13 bits per heavy atom. The summed E-state index contributed by atoms with van der Waals surface area (Å²) in [5, 5.41) is 5.69. The molecular weight excluding hydrogens is 382 g/mol. The number of hydrogen-bond acceptors (Lipinski definition) is 4. The van der Waals surface area contributed by atoms with E-state index in [9.17, 15) is 14.4 Å². The molecule has 7 heteroatoms. The van der Waals surface area contributed by atoms with E-state index < -0.39 is 0 Å². The van der Waals surface area contributed by atoms with Crippen molar-refractivity contribution in [3.05, 3.63) is 54.6 Å². The number of amides is 3.